The third-order valence-electron chi connectivity index (χ3n) is 8.34. The van der Waals surface area contributed by atoms with E-state index < -0.39 is 6.10 Å². The summed E-state index contributed by atoms with van der Waals surface area (Å²) in [6.45, 7) is 2.31. The number of aliphatic hydroxyl groups excluding tert-OH is 2. The van der Waals surface area contributed by atoms with Gasteiger partial charge in [0.1, 0.15) is 0 Å². The fourth-order valence-corrected chi connectivity index (χ4v) is 7.61. The first-order valence-corrected chi connectivity index (χ1v) is 10.1. The van der Waals surface area contributed by atoms with E-state index in [2.05, 4.69) is 28.0 Å². The molecule has 7 atom stereocenters. The summed E-state index contributed by atoms with van der Waals surface area (Å²) in [6.07, 6.45) is 2.67. The third-order valence-corrected chi connectivity index (χ3v) is 8.34. The summed E-state index contributed by atoms with van der Waals surface area (Å²) in [5.74, 6) is 1.04. The van der Waals surface area contributed by atoms with Crippen LogP contribution in [0.1, 0.15) is 31.2 Å². The van der Waals surface area contributed by atoms with Gasteiger partial charge in [0.15, 0.2) is 0 Å². The molecule has 4 fully saturated rings. The number of rotatable bonds is 2. The Morgan fingerprint density at radius 2 is 2.12 bits per heavy atom. The molecule has 6 rings (SSSR count). The Bertz CT molecular complexity index is 782. The molecule has 1 saturated carbocycles. The Kier molecular flexibility index (Phi) is 3.06. The normalized spacial score (nSPS) is 45.6. The highest BCUT2D eigenvalue weighted by atomic mass is 16.3. The van der Waals surface area contributed by atoms with E-state index in [1.807, 2.05) is 6.07 Å². The van der Waals surface area contributed by atoms with Crippen molar-refractivity contribution in [1.29, 1.82) is 0 Å². The summed E-state index contributed by atoms with van der Waals surface area (Å²) in [5.41, 5.74) is 2.41. The molecule has 2 N–H and O–H groups in total. The lowest BCUT2D eigenvalue weighted by atomic mass is 9.52. The number of fused-ring (bicyclic) bond motifs is 4. The van der Waals surface area contributed by atoms with Gasteiger partial charge >= 0.3 is 0 Å². The van der Waals surface area contributed by atoms with Crippen molar-refractivity contribution in [3.8, 4) is 0 Å². The van der Waals surface area contributed by atoms with Gasteiger partial charge in [-0.05, 0) is 49.3 Å². The standard InChI is InChI=1S/C21H26N2O3/c24-8-5-12-11-22-7-6-21-14-3-1-2-4-15(14)23-18(26)10-16(25)19(20(21)23)13(12)9-17(21)22/h1-4,12-13,16-17,19-20,24-25H,5-11H2/t12-,13+,16-,17+,19+,20+,21-/m1/s1. The number of nitrogens with zero attached hydrogens (tertiary/aromatic N) is 2. The monoisotopic (exact) mass is 354 g/mol. The maximum atomic E-state index is 13.0. The van der Waals surface area contributed by atoms with Crippen LogP contribution in [-0.4, -0.2) is 58.9 Å². The zero-order valence-corrected chi connectivity index (χ0v) is 14.9. The number of hydrogen-bond acceptors (Lipinski definition) is 4. The van der Waals surface area contributed by atoms with Crippen molar-refractivity contribution >= 4 is 11.6 Å². The zero-order chi connectivity index (χ0) is 17.6. The van der Waals surface area contributed by atoms with Crippen molar-refractivity contribution in [2.24, 2.45) is 17.8 Å². The molecule has 1 aliphatic carbocycles. The first-order valence-electron chi connectivity index (χ1n) is 10.1. The lowest BCUT2D eigenvalue weighted by molar-refractivity contribution is -0.135. The predicted octanol–water partition coefficient (Wildman–Crippen LogP) is 1.13. The Morgan fingerprint density at radius 1 is 1.27 bits per heavy atom. The molecule has 1 aromatic carbocycles. The molecule has 4 aliphatic heterocycles. The molecule has 0 unspecified atom stereocenters. The van der Waals surface area contributed by atoms with E-state index in [0.29, 0.717) is 17.9 Å². The van der Waals surface area contributed by atoms with Gasteiger partial charge in [0, 0.05) is 36.2 Å². The average Bonchev–Trinajstić information content (AvgIpc) is 3.17. The molecule has 4 heterocycles. The maximum absolute atomic E-state index is 13.0. The summed E-state index contributed by atoms with van der Waals surface area (Å²) in [4.78, 5) is 17.7. The van der Waals surface area contributed by atoms with Crippen LogP contribution in [0.4, 0.5) is 5.69 Å². The van der Waals surface area contributed by atoms with E-state index in [1.54, 1.807) is 0 Å². The second-order valence-corrected chi connectivity index (χ2v) is 9.05. The summed E-state index contributed by atoms with van der Waals surface area (Å²) in [6, 6.07) is 9.03. The molecule has 5 heteroatoms. The molecule has 1 amide bonds. The first-order chi connectivity index (χ1) is 12.7. The highest BCUT2D eigenvalue weighted by Gasteiger charge is 2.70. The van der Waals surface area contributed by atoms with E-state index in [0.717, 1.165) is 38.0 Å². The van der Waals surface area contributed by atoms with Crippen LogP contribution in [0, 0.1) is 17.8 Å². The lowest BCUT2D eigenvalue weighted by Gasteiger charge is -2.60. The summed E-state index contributed by atoms with van der Waals surface area (Å²) >= 11 is 0. The number of carbonyl (C=O) groups is 1. The highest BCUT2D eigenvalue weighted by molar-refractivity contribution is 5.99. The van der Waals surface area contributed by atoms with Crippen LogP contribution in [0.15, 0.2) is 24.3 Å². The minimum absolute atomic E-state index is 0.0149. The van der Waals surface area contributed by atoms with Crippen LogP contribution in [0.2, 0.25) is 0 Å². The van der Waals surface area contributed by atoms with Crippen LogP contribution in [-0.2, 0) is 10.2 Å². The SMILES string of the molecule is O=C1C[C@@H](O)[C@@H]2[C@H]3C[C@@H]4N(CC[C@@]45c4ccccc4N1[C@@H]25)C[C@H]3CCO. The summed E-state index contributed by atoms with van der Waals surface area (Å²) in [7, 11) is 0. The van der Waals surface area contributed by atoms with Crippen LogP contribution in [0.25, 0.3) is 0 Å². The number of para-hydroxylation sites is 1. The van der Waals surface area contributed by atoms with Gasteiger partial charge in [-0.25, -0.2) is 0 Å². The molecule has 26 heavy (non-hydrogen) atoms. The van der Waals surface area contributed by atoms with Gasteiger partial charge in [0.2, 0.25) is 5.91 Å². The molecule has 138 valence electrons. The molecule has 5 nitrogen and oxygen atoms in total. The molecular formula is C21H26N2O3. The minimum Gasteiger partial charge on any atom is -0.396 e. The Morgan fingerprint density at radius 3 is 2.96 bits per heavy atom. The fourth-order valence-electron chi connectivity index (χ4n) is 7.61. The molecule has 5 aliphatic rings. The van der Waals surface area contributed by atoms with Gasteiger partial charge in [-0.3, -0.25) is 9.69 Å². The van der Waals surface area contributed by atoms with Gasteiger partial charge in [0.05, 0.1) is 18.6 Å². The summed E-state index contributed by atoms with van der Waals surface area (Å²) < 4.78 is 0. The molecule has 1 spiro atoms. The van der Waals surface area contributed by atoms with Crippen molar-refractivity contribution in [2.45, 2.75) is 49.3 Å². The van der Waals surface area contributed by atoms with Gasteiger partial charge in [-0.2, -0.15) is 0 Å². The Balaban J connectivity index is 1.58. The van der Waals surface area contributed by atoms with Gasteiger partial charge in [-0.15, -0.1) is 0 Å². The number of hydrogen-bond donors (Lipinski definition) is 2. The second-order valence-electron chi connectivity index (χ2n) is 9.05. The van der Waals surface area contributed by atoms with Crippen LogP contribution < -0.4 is 4.90 Å². The number of anilines is 1. The third kappa shape index (κ3) is 1.62. The second kappa shape index (κ2) is 5.09. The van der Waals surface area contributed by atoms with Crippen LogP contribution in [0.3, 0.4) is 0 Å². The minimum atomic E-state index is -0.547. The van der Waals surface area contributed by atoms with Crippen LogP contribution in [0.5, 0.6) is 0 Å². The number of benzene rings is 1. The maximum Gasteiger partial charge on any atom is 0.229 e. The van der Waals surface area contributed by atoms with Crippen molar-refractivity contribution in [3.63, 3.8) is 0 Å². The smallest absolute Gasteiger partial charge is 0.229 e. The van der Waals surface area contributed by atoms with E-state index >= 15 is 0 Å². The van der Waals surface area contributed by atoms with Crippen molar-refractivity contribution in [3.05, 3.63) is 29.8 Å². The average molecular weight is 354 g/mol. The van der Waals surface area contributed by atoms with Crippen molar-refractivity contribution in [2.75, 3.05) is 24.6 Å². The van der Waals surface area contributed by atoms with E-state index in [1.165, 1.54) is 5.56 Å². The van der Waals surface area contributed by atoms with Crippen LogP contribution >= 0.6 is 0 Å². The van der Waals surface area contributed by atoms with E-state index in [4.69, 9.17) is 0 Å². The molecule has 3 saturated heterocycles. The summed E-state index contributed by atoms with van der Waals surface area (Å²) in [5, 5.41) is 20.6. The lowest BCUT2D eigenvalue weighted by Crippen LogP contribution is -2.70. The first kappa shape index (κ1) is 15.6. The number of piperidine rings is 2. The molecule has 0 radical (unpaired) electrons. The topological polar surface area (TPSA) is 64.0 Å². The molecule has 1 aromatic rings. The Labute approximate surface area is 153 Å². The molecule has 0 aromatic heterocycles. The number of amides is 1. The van der Waals surface area contributed by atoms with Gasteiger partial charge in [0.25, 0.3) is 0 Å². The fraction of sp³-hybridized carbons (Fsp3) is 0.667. The number of carbonyl (C=O) groups excluding carboxylic acids is 1. The van der Waals surface area contributed by atoms with E-state index in [9.17, 15) is 15.0 Å². The number of aliphatic hydroxyl groups is 2. The van der Waals surface area contributed by atoms with Crippen molar-refractivity contribution in [1.82, 2.24) is 4.90 Å². The Hall–Kier alpha value is -1.43. The predicted molar refractivity (Wildman–Crippen MR) is 96.8 cm³/mol. The molecular weight excluding hydrogens is 328 g/mol. The quantitative estimate of drug-likeness (QED) is 0.836. The van der Waals surface area contributed by atoms with Gasteiger partial charge in [-0.1, -0.05) is 18.2 Å². The molecule has 2 bridgehead atoms. The van der Waals surface area contributed by atoms with E-state index in [-0.39, 0.29) is 36.3 Å². The van der Waals surface area contributed by atoms with Crippen molar-refractivity contribution < 1.29 is 15.0 Å². The zero-order valence-electron chi connectivity index (χ0n) is 14.9. The van der Waals surface area contributed by atoms with Gasteiger partial charge < -0.3 is 15.1 Å². The largest absolute Gasteiger partial charge is 0.396 e. The highest BCUT2D eigenvalue weighted by Crippen LogP contribution is 2.65.